The molecule has 1 N–H and O–H groups in total. The Balaban J connectivity index is 1.73. The molecule has 2 heterocycles. The van der Waals surface area contributed by atoms with Crippen molar-refractivity contribution >= 4 is 5.91 Å². The second kappa shape index (κ2) is 8.55. The van der Waals surface area contributed by atoms with Crippen LogP contribution in [0.25, 0.3) is 11.4 Å². The van der Waals surface area contributed by atoms with E-state index in [-0.39, 0.29) is 18.1 Å². The van der Waals surface area contributed by atoms with Gasteiger partial charge in [0.25, 0.3) is 5.91 Å². The van der Waals surface area contributed by atoms with Crippen molar-refractivity contribution < 1.29 is 9.53 Å². The van der Waals surface area contributed by atoms with E-state index in [9.17, 15) is 4.79 Å². The predicted octanol–water partition coefficient (Wildman–Crippen LogP) is 2.62. The van der Waals surface area contributed by atoms with Crippen LogP contribution in [0.15, 0.2) is 60.9 Å². The van der Waals surface area contributed by atoms with Gasteiger partial charge < -0.3 is 14.5 Å². The molecule has 2 aromatic carbocycles. The van der Waals surface area contributed by atoms with E-state index in [1.807, 2.05) is 61.5 Å². The maximum atomic E-state index is 13.7. The second-order valence-electron chi connectivity index (χ2n) is 7.41. The fraction of sp³-hybridized carbons (Fsp3) is 0.318. The number of ether oxygens (including phenoxy) is 1. The summed E-state index contributed by atoms with van der Waals surface area (Å²) < 4.78 is 6.11. The SMILES string of the molecule is CN(C)C[C@@H]1OCCN(C(=O)c2ccccc2-c2ncn[nH]2)[C@H]1c1ccccc1. The number of hydrogen-bond donors (Lipinski definition) is 1. The molecule has 1 fully saturated rings. The number of amides is 1. The first-order valence-corrected chi connectivity index (χ1v) is 9.72. The maximum absolute atomic E-state index is 13.7. The van der Waals surface area contributed by atoms with Crippen molar-refractivity contribution in [3.05, 3.63) is 72.1 Å². The lowest BCUT2D eigenvalue weighted by Crippen LogP contribution is -2.51. The van der Waals surface area contributed by atoms with Crippen molar-refractivity contribution in [3.63, 3.8) is 0 Å². The average Bonchev–Trinajstić information content (AvgIpc) is 3.28. The van der Waals surface area contributed by atoms with Crippen LogP contribution in [0.5, 0.6) is 0 Å². The molecule has 1 aliphatic rings. The molecule has 0 radical (unpaired) electrons. The number of morpholine rings is 1. The lowest BCUT2D eigenvalue weighted by Gasteiger charge is -2.42. The minimum atomic E-state index is -0.164. The van der Waals surface area contributed by atoms with E-state index >= 15 is 0 Å². The number of carbonyl (C=O) groups is 1. The van der Waals surface area contributed by atoms with E-state index in [0.29, 0.717) is 24.5 Å². The third-order valence-electron chi connectivity index (χ3n) is 5.13. The van der Waals surface area contributed by atoms with Gasteiger partial charge in [0.1, 0.15) is 6.33 Å². The Bertz CT molecular complexity index is 943. The maximum Gasteiger partial charge on any atom is 0.255 e. The van der Waals surface area contributed by atoms with Crippen LogP contribution in [0.2, 0.25) is 0 Å². The number of rotatable bonds is 5. The van der Waals surface area contributed by atoms with Crippen LogP contribution in [0, 0.1) is 0 Å². The Hall–Kier alpha value is -3.03. The van der Waals surface area contributed by atoms with E-state index < -0.39 is 0 Å². The second-order valence-corrected chi connectivity index (χ2v) is 7.41. The first-order valence-electron chi connectivity index (χ1n) is 9.72. The molecule has 150 valence electrons. The Kier molecular flexibility index (Phi) is 5.69. The van der Waals surface area contributed by atoms with Gasteiger partial charge >= 0.3 is 0 Å². The van der Waals surface area contributed by atoms with Gasteiger partial charge in [0.2, 0.25) is 0 Å². The van der Waals surface area contributed by atoms with Crippen LogP contribution in [0.3, 0.4) is 0 Å². The number of aromatic nitrogens is 3. The van der Waals surface area contributed by atoms with Crippen molar-refractivity contribution in [1.29, 1.82) is 0 Å². The highest BCUT2D eigenvalue weighted by molar-refractivity contribution is 6.00. The van der Waals surface area contributed by atoms with E-state index in [1.54, 1.807) is 0 Å². The molecule has 0 spiro atoms. The molecular formula is C22H25N5O2. The minimum absolute atomic E-state index is 0.0297. The van der Waals surface area contributed by atoms with Gasteiger partial charge in [0, 0.05) is 18.7 Å². The molecule has 2 atom stereocenters. The molecular weight excluding hydrogens is 366 g/mol. The van der Waals surface area contributed by atoms with Crippen molar-refractivity contribution in [2.24, 2.45) is 0 Å². The highest BCUT2D eigenvalue weighted by atomic mass is 16.5. The Morgan fingerprint density at radius 2 is 1.93 bits per heavy atom. The molecule has 7 heteroatoms. The summed E-state index contributed by atoms with van der Waals surface area (Å²) in [4.78, 5) is 22.0. The third kappa shape index (κ3) is 4.06. The Labute approximate surface area is 170 Å². The van der Waals surface area contributed by atoms with Gasteiger partial charge in [-0.25, -0.2) is 4.98 Å². The topological polar surface area (TPSA) is 74.3 Å². The molecule has 0 bridgehead atoms. The van der Waals surface area contributed by atoms with Crippen LogP contribution in [0.4, 0.5) is 0 Å². The molecule has 7 nitrogen and oxygen atoms in total. The summed E-state index contributed by atoms with van der Waals surface area (Å²) in [6.07, 6.45) is 1.34. The van der Waals surface area contributed by atoms with Crippen LogP contribution in [-0.4, -0.2) is 70.8 Å². The number of aromatic amines is 1. The van der Waals surface area contributed by atoms with Gasteiger partial charge in [0.05, 0.1) is 24.3 Å². The lowest BCUT2D eigenvalue weighted by atomic mass is 9.95. The minimum Gasteiger partial charge on any atom is -0.373 e. The number of benzene rings is 2. The summed E-state index contributed by atoms with van der Waals surface area (Å²) >= 11 is 0. The number of nitrogens with one attached hydrogen (secondary N) is 1. The largest absolute Gasteiger partial charge is 0.373 e. The number of likely N-dealkylation sites (N-methyl/N-ethyl adjacent to an activating group) is 1. The quantitative estimate of drug-likeness (QED) is 0.724. The molecule has 1 aliphatic heterocycles. The fourth-order valence-electron chi connectivity index (χ4n) is 3.88. The predicted molar refractivity (Wildman–Crippen MR) is 110 cm³/mol. The number of hydrogen-bond acceptors (Lipinski definition) is 5. The number of H-pyrrole nitrogens is 1. The van der Waals surface area contributed by atoms with Crippen LogP contribution in [0.1, 0.15) is 22.0 Å². The summed E-state index contributed by atoms with van der Waals surface area (Å²) in [5.41, 5.74) is 2.43. The van der Waals surface area contributed by atoms with E-state index in [0.717, 1.165) is 17.7 Å². The van der Waals surface area contributed by atoms with Crippen LogP contribution < -0.4 is 0 Å². The molecule has 1 aromatic heterocycles. The smallest absolute Gasteiger partial charge is 0.255 e. The van der Waals surface area contributed by atoms with Crippen molar-refractivity contribution in [1.82, 2.24) is 25.0 Å². The standard InChI is InChI=1S/C22H25N5O2/c1-26(2)14-19-20(16-8-4-3-5-9-16)27(12-13-29-19)22(28)18-11-7-6-10-17(18)21-23-15-24-25-21/h3-11,15,19-20H,12-14H2,1-2H3,(H,23,24,25)/t19-,20-/m0/s1. The molecule has 0 aliphatic carbocycles. The zero-order valence-corrected chi connectivity index (χ0v) is 16.7. The highest BCUT2D eigenvalue weighted by Crippen LogP contribution is 2.33. The van der Waals surface area contributed by atoms with Crippen LogP contribution >= 0.6 is 0 Å². The highest BCUT2D eigenvalue weighted by Gasteiger charge is 2.37. The van der Waals surface area contributed by atoms with Gasteiger partial charge in [0.15, 0.2) is 5.82 Å². The van der Waals surface area contributed by atoms with Crippen molar-refractivity contribution in [2.45, 2.75) is 12.1 Å². The summed E-state index contributed by atoms with van der Waals surface area (Å²) in [5.74, 6) is 0.557. The molecule has 1 amide bonds. The third-order valence-corrected chi connectivity index (χ3v) is 5.13. The lowest BCUT2D eigenvalue weighted by molar-refractivity contribution is -0.0684. The van der Waals surface area contributed by atoms with Crippen molar-refractivity contribution in [2.75, 3.05) is 33.8 Å². The summed E-state index contributed by atoms with van der Waals surface area (Å²) in [6.45, 7) is 1.78. The van der Waals surface area contributed by atoms with Gasteiger partial charge in [-0.1, -0.05) is 48.5 Å². The van der Waals surface area contributed by atoms with E-state index in [4.69, 9.17) is 4.74 Å². The van der Waals surface area contributed by atoms with Gasteiger partial charge in [-0.05, 0) is 25.7 Å². The normalized spacial score (nSPS) is 19.5. The Morgan fingerprint density at radius 3 is 2.66 bits per heavy atom. The summed E-state index contributed by atoms with van der Waals surface area (Å²) in [7, 11) is 4.04. The van der Waals surface area contributed by atoms with Gasteiger partial charge in [-0.2, -0.15) is 5.10 Å². The first kappa shape index (κ1) is 19.3. The first-order chi connectivity index (χ1) is 14.1. The molecule has 0 unspecified atom stereocenters. The average molecular weight is 391 g/mol. The van der Waals surface area contributed by atoms with E-state index in [2.05, 4.69) is 32.2 Å². The zero-order chi connectivity index (χ0) is 20.2. The number of nitrogens with zero attached hydrogens (tertiary/aromatic N) is 4. The molecule has 0 saturated carbocycles. The number of carbonyl (C=O) groups excluding carboxylic acids is 1. The molecule has 3 aromatic rings. The summed E-state index contributed by atoms with van der Waals surface area (Å²) in [5, 5.41) is 6.80. The molecule has 4 rings (SSSR count). The van der Waals surface area contributed by atoms with Crippen molar-refractivity contribution in [3.8, 4) is 11.4 Å². The van der Waals surface area contributed by atoms with E-state index in [1.165, 1.54) is 6.33 Å². The monoisotopic (exact) mass is 391 g/mol. The van der Waals surface area contributed by atoms with Gasteiger partial charge in [-0.15, -0.1) is 0 Å². The summed E-state index contributed by atoms with van der Waals surface area (Å²) in [6, 6.07) is 17.5. The molecule has 29 heavy (non-hydrogen) atoms. The molecule has 1 saturated heterocycles. The van der Waals surface area contributed by atoms with Gasteiger partial charge in [-0.3, -0.25) is 9.89 Å². The van der Waals surface area contributed by atoms with Crippen LogP contribution in [-0.2, 0) is 4.74 Å². The Morgan fingerprint density at radius 1 is 1.17 bits per heavy atom. The fourth-order valence-corrected chi connectivity index (χ4v) is 3.88. The zero-order valence-electron chi connectivity index (χ0n) is 16.7.